The molecule has 1 heterocycles. The highest BCUT2D eigenvalue weighted by atomic mass is 14.9. The van der Waals surface area contributed by atoms with Crippen molar-refractivity contribution in [3.63, 3.8) is 0 Å². The smallest absolute Gasteiger partial charge is 0.115 e. The zero-order valence-corrected chi connectivity index (χ0v) is 7.18. The van der Waals surface area contributed by atoms with Gasteiger partial charge in [0.2, 0.25) is 0 Å². The lowest BCUT2D eigenvalue weighted by Crippen LogP contribution is -2.10. The molecular formula is C8H13N3. The van der Waals surface area contributed by atoms with Crippen molar-refractivity contribution in [1.29, 1.82) is 0 Å². The van der Waals surface area contributed by atoms with Crippen LogP contribution in [0, 0.1) is 13.8 Å². The van der Waals surface area contributed by atoms with Gasteiger partial charge in [0.15, 0.2) is 0 Å². The zero-order valence-electron chi connectivity index (χ0n) is 7.18. The summed E-state index contributed by atoms with van der Waals surface area (Å²) < 4.78 is 0. The molecule has 0 aliphatic carbocycles. The maximum Gasteiger partial charge on any atom is 0.115 e. The second-order valence-corrected chi connectivity index (χ2v) is 2.55. The highest BCUT2D eigenvalue weighted by Gasteiger charge is 2.01. The normalized spacial score (nSPS) is 10.1. The summed E-state index contributed by atoms with van der Waals surface area (Å²) in [6.45, 7) is 4.85. The fourth-order valence-electron chi connectivity index (χ4n) is 1.05. The van der Waals surface area contributed by atoms with Gasteiger partial charge in [0, 0.05) is 23.5 Å². The number of nitrogens with one attached hydrogen (secondary N) is 1. The van der Waals surface area contributed by atoms with E-state index in [1.807, 2.05) is 20.9 Å². The minimum atomic E-state index is 0.846. The summed E-state index contributed by atoms with van der Waals surface area (Å²) in [6.07, 6.45) is 1.60. The number of hydrogen-bond acceptors (Lipinski definition) is 3. The van der Waals surface area contributed by atoms with Crippen molar-refractivity contribution >= 4 is 0 Å². The number of rotatable bonds is 2. The molecule has 0 atom stereocenters. The summed E-state index contributed by atoms with van der Waals surface area (Å²) in [5, 5.41) is 3.09. The van der Waals surface area contributed by atoms with Crippen molar-refractivity contribution < 1.29 is 0 Å². The number of nitrogens with zero attached hydrogens (tertiary/aromatic N) is 2. The van der Waals surface area contributed by atoms with Crippen LogP contribution in [-0.2, 0) is 6.54 Å². The van der Waals surface area contributed by atoms with Crippen LogP contribution >= 0.6 is 0 Å². The third-order valence-corrected chi connectivity index (χ3v) is 1.73. The Kier molecular flexibility index (Phi) is 2.54. The summed E-state index contributed by atoms with van der Waals surface area (Å²) in [7, 11) is 1.92. The molecule has 3 heteroatoms. The molecule has 0 aliphatic rings. The average molecular weight is 151 g/mol. The van der Waals surface area contributed by atoms with Gasteiger partial charge in [0.1, 0.15) is 6.33 Å². The molecule has 0 unspecified atom stereocenters. The molecule has 1 aromatic rings. The van der Waals surface area contributed by atoms with E-state index in [2.05, 4.69) is 15.3 Å². The second-order valence-electron chi connectivity index (χ2n) is 2.55. The summed E-state index contributed by atoms with van der Waals surface area (Å²) in [4.78, 5) is 8.21. The van der Waals surface area contributed by atoms with Gasteiger partial charge in [0.25, 0.3) is 0 Å². The lowest BCUT2D eigenvalue weighted by Gasteiger charge is -2.05. The van der Waals surface area contributed by atoms with Gasteiger partial charge in [-0.1, -0.05) is 0 Å². The van der Waals surface area contributed by atoms with Crippen LogP contribution in [0.3, 0.4) is 0 Å². The Bertz CT molecular complexity index is 225. The second kappa shape index (κ2) is 3.44. The van der Waals surface area contributed by atoms with Crippen molar-refractivity contribution in [2.45, 2.75) is 20.4 Å². The molecule has 1 N–H and O–H groups in total. The summed E-state index contributed by atoms with van der Waals surface area (Å²) >= 11 is 0. The molecule has 60 valence electrons. The fraction of sp³-hybridized carbons (Fsp3) is 0.500. The average Bonchev–Trinajstić information content (AvgIpc) is 1.97. The molecule has 1 aromatic heterocycles. The Balaban J connectivity index is 3.00. The Morgan fingerprint density at radius 2 is 1.82 bits per heavy atom. The first-order valence-electron chi connectivity index (χ1n) is 3.67. The van der Waals surface area contributed by atoms with Gasteiger partial charge in [-0.15, -0.1) is 0 Å². The van der Waals surface area contributed by atoms with Crippen LogP contribution in [0.15, 0.2) is 6.33 Å². The Hall–Kier alpha value is -0.960. The van der Waals surface area contributed by atoms with Crippen molar-refractivity contribution in [2.75, 3.05) is 7.05 Å². The lowest BCUT2D eigenvalue weighted by molar-refractivity contribution is 0.786. The van der Waals surface area contributed by atoms with Crippen LogP contribution in [0.4, 0.5) is 0 Å². The highest BCUT2D eigenvalue weighted by molar-refractivity contribution is 5.21. The molecule has 0 bridgehead atoms. The minimum Gasteiger partial charge on any atom is -0.316 e. The highest BCUT2D eigenvalue weighted by Crippen LogP contribution is 2.06. The largest absolute Gasteiger partial charge is 0.316 e. The van der Waals surface area contributed by atoms with E-state index >= 15 is 0 Å². The van der Waals surface area contributed by atoms with E-state index in [9.17, 15) is 0 Å². The molecular weight excluding hydrogens is 138 g/mol. The summed E-state index contributed by atoms with van der Waals surface area (Å²) in [5.41, 5.74) is 3.33. The van der Waals surface area contributed by atoms with Gasteiger partial charge < -0.3 is 5.32 Å². The van der Waals surface area contributed by atoms with E-state index in [1.165, 1.54) is 5.56 Å². The van der Waals surface area contributed by atoms with Crippen LogP contribution in [0.5, 0.6) is 0 Å². The molecule has 0 saturated carbocycles. The van der Waals surface area contributed by atoms with Crippen LogP contribution in [-0.4, -0.2) is 17.0 Å². The molecule has 0 aromatic carbocycles. The van der Waals surface area contributed by atoms with E-state index in [-0.39, 0.29) is 0 Å². The third kappa shape index (κ3) is 1.74. The van der Waals surface area contributed by atoms with Gasteiger partial charge in [-0.25, -0.2) is 9.97 Å². The maximum absolute atomic E-state index is 4.11. The van der Waals surface area contributed by atoms with Crippen molar-refractivity contribution in [1.82, 2.24) is 15.3 Å². The summed E-state index contributed by atoms with van der Waals surface area (Å²) in [6, 6.07) is 0. The van der Waals surface area contributed by atoms with Crippen molar-refractivity contribution in [3.05, 3.63) is 23.3 Å². The van der Waals surface area contributed by atoms with Crippen LogP contribution in [0.1, 0.15) is 17.0 Å². The van der Waals surface area contributed by atoms with E-state index in [1.54, 1.807) is 6.33 Å². The predicted molar refractivity (Wildman–Crippen MR) is 44.3 cm³/mol. The molecule has 0 radical (unpaired) electrons. The molecule has 11 heavy (non-hydrogen) atoms. The first-order chi connectivity index (χ1) is 5.25. The van der Waals surface area contributed by atoms with Gasteiger partial charge in [-0.2, -0.15) is 0 Å². The Labute approximate surface area is 66.9 Å². The number of aryl methyl sites for hydroxylation is 2. The van der Waals surface area contributed by atoms with Gasteiger partial charge in [-0.3, -0.25) is 0 Å². The Morgan fingerprint density at radius 1 is 1.27 bits per heavy atom. The molecule has 0 saturated heterocycles. The van der Waals surface area contributed by atoms with E-state index in [0.717, 1.165) is 17.9 Å². The topological polar surface area (TPSA) is 37.8 Å². The van der Waals surface area contributed by atoms with Crippen LogP contribution < -0.4 is 5.32 Å². The molecule has 0 amide bonds. The maximum atomic E-state index is 4.11. The quantitative estimate of drug-likeness (QED) is 0.679. The predicted octanol–water partition coefficient (Wildman–Crippen LogP) is 0.813. The first-order valence-corrected chi connectivity index (χ1v) is 3.67. The van der Waals surface area contributed by atoms with Gasteiger partial charge in [-0.05, 0) is 20.9 Å². The SMILES string of the molecule is CNCc1c(C)ncnc1C. The number of hydrogen-bond donors (Lipinski definition) is 1. The molecule has 0 aliphatic heterocycles. The number of aromatic nitrogens is 2. The monoisotopic (exact) mass is 151 g/mol. The fourth-order valence-corrected chi connectivity index (χ4v) is 1.05. The lowest BCUT2D eigenvalue weighted by atomic mass is 10.2. The standard InChI is InChI=1S/C8H13N3/c1-6-8(4-9-3)7(2)11-5-10-6/h5,9H,4H2,1-3H3. The van der Waals surface area contributed by atoms with Crippen LogP contribution in [0.2, 0.25) is 0 Å². The van der Waals surface area contributed by atoms with E-state index in [0.29, 0.717) is 0 Å². The third-order valence-electron chi connectivity index (χ3n) is 1.73. The van der Waals surface area contributed by atoms with Gasteiger partial charge >= 0.3 is 0 Å². The van der Waals surface area contributed by atoms with Crippen LogP contribution in [0.25, 0.3) is 0 Å². The molecule has 0 fully saturated rings. The molecule has 3 nitrogen and oxygen atoms in total. The molecule has 1 rings (SSSR count). The molecule has 0 spiro atoms. The van der Waals surface area contributed by atoms with Gasteiger partial charge in [0.05, 0.1) is 0 Å². The minimum absolute atomic E-state index is 0.846. The van der Waals surface area contributed by atoms with E-state index < -0.39 is 0 Å². The first kappa shape index (κ1) is 8.14. The van der Waals surface area contributed by atoms with E-state index in [4.69, 9.17) is 0 Å². The van der Waals surface area contributed by atoms with Crippen molar-refractivity contribution in [2.24, 2.45) is 0 Å². The Morgan fingerprint density at radius 3 is 2.27 bits per heavy atom. The zero-order chi connectivity index (χ0) is 8.27. The van der Waals surface area contributed by atoms with Crippen molar-refractivity contribution in [3.8, 4) is 0 Å². The summed E-state index contributed by atoms with van der Waals surface area (Å²) in [5.74, 6) is 0.